The van der Waals surface area contributed by atoms with Crippen molar-refractivity contribution in [2.45, 2.75) is 6.18 Å². The van der Waals surface area contributed by atoms with Crippen molar-refractivity contribution in [2.75, 3.05) is 5.32 Å². The van der Waals surface area contributed by atoms with Gasteiger partial charge in [-0.1, -0.05) is 11.6 Å². The summed E-state index contributed by atoms with van der Waals surface area (Å²) in [7, 11) is 0. The molecule has 0 saturated heterocycles. The highest BCUT2D eigenvalue weighted by Gasteiger charge is 2.38. The molecule has 0 spiro atoms. The molecule has 0 aliphatic carbocycles. The lowest BCUT2D eigenvalue weighted by molar-refractivity contribution is -0.167. The van der Waals surface area contributed by atoms with Crippen LogP contribution in [-0.4, -0.2) is 12.1 Å². The molecule has 0 atom stereocenters. The van der Waals surface area contributed by atoms with E-state index in [0.717, 1.165) is 18.2 Å². The number of carbonyl (C=O) groups is 1. The molecule has 0 aliphatic rings. The maximum Gasteiger partial charge on any atom is 0.471 e. The van der Waals surface area contributed by atoms with Gasteiger partial charge in [-0.3, -0.25) is 4.79 Å². The Hall–Kier alpha value is -1.30. The van der Waals surface area contributed by atoms with Crippen LogP contribution in [0.3, 0.4) is 0 Å². The highest BCUT2D eigenvalue weighted by Crippen LogP contribution is 2.21. The Balaban J connectivity index is 2.86. The monoisotopic (exact) mass is 241 g/mol. The van der Waals surface area contributed by atoms with Gasteiger partial charge in [-0.2, -0.15) is 13.2 Å². The molecular weight excluding hydrogens is 238 g/mol. The summed E-state index contributed by atoms with van der Waals surface area (Å²) in [4.78, 5) is 10.5. The first-order chi connectivity index (χ1) is 6.79. The number of halogens is 5. The van der Waals surface area contributed by atoms with E-state index in [0.29, 0.717) is 0 Å². The summed E-state index contributed by atoms with van der Waals surface area (Å²) < 4.78 is 48.0. The normalized spacial score (nSPS) is 11.3. The van der Waals surface area contributed by atoms with E-state index in [-0.39, 0.29) is 10.7 Å². The van der Waals surface area contributed by atoms with E-state index < -0.39 is 17.9 Å². The molecule has 2 nitrogen and oxygen atoms in total. The predicted molar refractivity (Wildman–Crippen MR) is 46.1 cm³/mol. The maximum absolute atomic E-state index is 12.7. The molecule has 1 rings (SSSR count). The molecule has 1 amide bonds. The van der Waals surface area contributed by atoms with Crippen LogP contribution in [0.1, 0.15) is 0 Å². The zero-order chi connectivity index (χ0) is 11.6. The van der Waals surface area contributed by atoms with E-state index in [1.807, 2.05) is 0 Å². The van der Waals surface area contributed by atoms with Gasteiger partial charge in [0.15, 0.2) is 0 Å². The van der Waals surface area contributed by atoms with Gasteiger partial charge in [0.05, 0.1) is 0 Å². The second kappa shape index (κ2) is 4.06. The number of anilines is 1. The molecule has 0 fully saturated rings. The third kappa shape index (κ3) is 3.39. The largest absolute Gasteiger partial charge is 0.471 e. The summed E-state index contributed by atoms with van der Waals surface area (Å²) in [5.74, 6) is -3.01. The lowest BCUT2D eigenvalue weighted by Crippen LogP contribution is -2.29. The Bertz CT molecular complexity index is 370. The standard InChI is InChI=1S/C8H4ClF4NO/c9-4-1-5(10)3-6(2-4)14-7(15)8(11,12)13/h1-3H,(H,14,15). The minimum atomic E-state index is -5.02. The zero-order valence-electron chi connectivity index (χ0n) is 7.03. The molecule has 0 heterocycles. The van der Waals surface area contributed by atoms with E-state index >= 15 is 0 Å². The van der Waals surface area contributed by atoms with Gasteiger partial charge in [-0.15, -0.1) is 0 Å². The third-order valence-corrected chi connectivity index (χ3v) is 1.60. The number of amides is 1. The number of hydrogen-bond donors (Lipinski definition) is 1. The van der Waals surface area contributed by atoms with Gasteiger partial charge in [0, 0.05) is 10.7 Å². The van der Waals surface area contributed by atoms with Gasteiger partial charge in [-0.05, 0) is 18.2 Å². The molecule has 1 aromatic carbocycles. The summed E-state index contributed by atoms with van der Waals surface area (Å²) in [5.41, 5.74) is -0.345. The number of nitrogens with one attached hydrogen (secondary N) is 1. The molecule has 82 valence electrons. The summed E-state index contributed by atoms with van der Waals surface area (Å²) in [5, 5.41) is 1.37. The van der Waals surface area contributed by atoms with Gasteiger partial charge in [0.1, 0.15) is 5.82 Å². The van der Waals surface area contributed by atoms with E-state index in [1.165, 1.54) is 5.32 Å². The van der Waals surface area contributed by atoms with Crippen molar-refractivity contribution in [3.8, 4) is 0 Å². The fourth-order valence-corrected chi connectivity index (χ4v) is 1.05. The number of hydrogen-bond acceptors (Lipinski definition) is 1. The van der Waals surface area contributed by atoms with Crippen LogP contribution in [0, 0.1) is 5.82 Å². The first kappa shape index (κ1) is 11.8. The quantitative estimate of drug-likeness (QED) is 0.753. The summed E-state index contributed by atoms with van der Waals surface area (Å²) in [6.45, 7) is 0. The van der Waals surface area contributed by atoms with Crippen LogP contribution < -0.4 is 5.32 Å². The first-order valence-corrected chi connectivity index (χ1v) is 4.01. The Labute approximate surface area is 86.8 Å². The van der Waals surface area contributed by atoms with E-state index in [1.54, 1.807) is 0 Å². The molecule has 0 radical (unpaired) electrons. The minimum absolute atomic E-state index is 0.104. The van der Waals surface area contributed by atoms with Gasteiger partial charge in [-0.25, -0.2) is 4.39 Å². The Morgan fingerprint density at radius 1 is 1.27 bits per heavy atom. The molecule has 1 N–H and O–H groups in total. The van der Waals surface area contributed by atoms with Crippen LogP contribution in [0.25, 0.3) is 0 Å². The van der Waals surface area contributed by atoms with Crippen molar-refractivity contribution in [1.82, 2.24) is 0 Å². The maximum atomic E-state index is 12.7. The number of alkyl halides is 3. The van der Waals surface area contributed by atoms with E-state index in [9.17, 15) is 22.4 Å². The molecule has 0 saturated carbocycles. The molecule has 15 heavy (non-hydrogen) atoms. The van der Waals surface area contributed by atoms with Crippen molar-refractivity contribution in [2.24, 2.45) is 0 Å². The first-order valence-electron chi connectivity index (χ1n) is 3.63. The Morgan fingerprint density at radius 3 is 2.33 bits per heavy atom. The van der Waals surface area contributed by atoms with Gasteiger partial charge in [0.25, 0.3) is 0 Å². The second-order valence-electron chi connectivity index (χ2n) is 2.61. The van der Waals surface area contributed by atoms with Gasteiger partial charge in [0.2, 0.25) is 0 Å². The van der Waals surface area contributed by atoms with Crippen molar-refractivity contribution in [3.63, 3.8) is 0 Å². The highest BCUT2D eigenvalue weighted by atomic mass is 35.5. The van der Waals surface area contributed by atoms with Crippen molar-refractivity contribution < 1.29 is 22.4 Å². The topological polar surface area (TPSA) is 29.1 Å². The Morgan fingerprint density at radius 2 is 1.87 bits per heavy atom. The van der Waals surface area contributed by atoms with Crippen LogP contribution in [0.4, 0.5) is 23.2 Å². The molecule has 0 bridgehead atoms. The van der Waals surface area contributed by atoms with Crippen LogP contribution in [0.15, 0.2) is 18.2 Å². The number of rotatable bonds is 1. The van der Waals surface area contributed by atoms with Crippen molar-refractivity contribution >= 4 is 23.2 Å². The smallest absolute Gasteiger partial charge is 0.318 e. The predicted octanol–water partition coefficient (Wildman–Crippen LogP) is 2.98. The molecule has 0 unspecified atom stereocenters. The van der Waals surface area contributed by atoms with Crippen molar-refractivity contribution in [1.29, 1.82) is 0 Å². The van der Waals surface area contributed by atoms with Crippen molar-refractivity contribution in [3.05, 3.63) is 29.0 Å². The summed E-state index contributed by atoms with van der Waals surface area (Å²) in [6, 6.07) is 2.65. The second-order valence-corrected chi connectivity index (χ2v) is 3.05. The van der Waals surface area contributed by atoms with Crippen LogP contribution in [0.2, 0.25) is 5.02 Å². The van der Waals surface area contributed by atoms with Gasteiger partial charge >= 0.3 is 12.1 Å². The molecular formula is C8H4ClF4NO. The fourth-order valence-electron chi connectivity index (χ4n) is 0.828. The SMILES string of the molecule is O=C(Nc1cc(F)cc(Cl)c1)C(F)(F)F. The van der Waals surface area contributed by atoms with Crippen LogP contribution >= 0.6 is 11.6 Å². The van der Waals surface area contributed by atoms with Crippen LogP contribution in [-0.2, 0) is 4.79 Å². The van der Waals surface area contributed by atoms with E-state index in [4.69, 9.17) is 11.6 Å². The average molecular weight is 242 g/mol. The fraction of sp³-hybridized carbons (Fsp3) is 0.125. The van der Waals surface area contributed by atoms with Crippen LogP contribution in [0.5, 0.6) is 0 Å². The number of benzene rings is 1. The Kier molecular flexibility index (Phi) is 3.18. The zero-order valence-corrected chi connectivity index (χ0v) is 7.79. The lowest BCUT2D eigenvalue weighted by Gasteiger charge is -2.07. The average Bonchev–Trinajstić information content (AvgIpc) is 1.99. The summed E-state index contributed by atoms with van der Waals surface area (Å²) in [6.07, 6.45) is -5.02. The molecule has 7 heteroatoms. The minimum Gasteiger partial charge on any atom is -0.318 e. The lowest BCUT2D eigenvalue weighted by atomic mass is 10.3. The summed E-state index contributed by atoms with van der Waals surface area (Å²) >= 11 is 5.38. The number of carbonyl (C=O) groups excluding carboxylic acids is 1. The molecule has 0 aromatic heterocycles. The highest BCUT2D eigenvalue weighted by molar-refractivity contribution is 6.30. The van der Waals surface area contributed by atoms with E-state index in [2.05, 4.69) is 0 Å². The third-order valence-electron chi connectivity index (χ3n) is 1.38. The van der Waals surface area contributed by atoms with Gasteiger partial charge < -0.3 is 5.32 Å². The molecule has 0 aliphatic heterocycles. The molecule has 1 aromatic rings.